The number of fused-ring (bicyclic) bond motifs is 10. The number of para-hydroxylation sites is 1. The molecule has 4 aromatic heterocycles. The lowest BCUT2D eigenvalue weighted by Gasteiger charge is -2.27. The predicted octanol–water partition coefficient (Wildman–Crippen LogP) is 11.3. The van der Waals surface area contributed by atoms with Crippen LogP contribution in [0, 0.1) is 52.8 Å². The van der Waals surface area contributed by atoms with Gasteiger partial charge in [-0.25, -0.2) is 56.5 Å². The maximum absolute atomic E-state index is 13.0. The van der Waals surface area contributed by atoms with E-state index in [0.717, 1.165) is 46.4 Å². The molecular weight excluding hydrogens is 1820 g/mol. The van der Waals surface area contributed by atoms with E-state index in [9.17, 15) is 84.3 Å². The molecule has 7 aromatic rings. The molecule has 2 amide bonds. The monoisotopic (exact) mass is 1920 g/mol. The van der Waals surface area contributed by atoms with Crippen LogP contribution in [0.2, 0.25) is 0 Å². The van der Waals surface area contributed by atoms with E-state index in [1.165, 1.54) is 31.2 Å². The van der Waals surface area contributed by atoms with E-state index < -0.39 is 119 Å². The van der Waals surface area contributed by atoms with Gasteiger partial charge in [0.2, 0.25) is 46.8 Å². The molecule has 136 heavy (non-hydrogen) atoms. The summed E-state index contributed by atoms with van der Waals surface area (Å²) in [5, 5.41) is 26.6. The molecule has 53 heteroatoms. The van der Waals surface area contributed by atoms with Gasteiger partial charge in [0, 0.05) is 30.2 Å². The summed E-state index contributed by atoms with van der Waals surface area (Å²) in [6, 6.07) is 21.2. The molecule has 1 saturated carbocycles. The molecular formula is C83H98F5N19O29. The Bertz CT molecular complexity index is 5680. The van der Waals surface area contributed by atoms with E-state index in [4.69, 9.17) is 52.6 Å². The van der Waals surface area contributed by atoms with E-state index >= 15 is 0 Å². The first-order valence-electron chi connectivity index (χ1n) is 41.7. The highest BCUT2D eigenvalue weighted by atomic mass is 19.2. The number of ether oxygens (including phenoxy) is 9. The molecule has 0 radical (unpaired) electrons. The van der Waals surface area contributed by atoms with Crippen LogP contribution in [-0.4, -0.2) is 190 Å². The van der Waals surface area contributed by atoms with Crippen molar-refractivity contribution in [1.82, 2.24) is 66.5 Å². The van der Waals surface area contributed by atoms with Crippen LogP contribution in [0.5, 0.6) is 5.75 Å². The standard InChI is InChI=1S/C13H17NO4.C11H15N3O4.C11H13N3O4.C11H11N3O4.C10H7F5O3.2C9H12N4O3.C9H11NO4/c1-7(2)17-13(16)18-14-6-10-8-3-4-9(5-8)11(10)12(14)15;3*1-7(2)17-11(16)18-14-10(15)8-5-3-4-6-9(8)12-13-14;1-3(2)17-10(16)18-9-7(14)5(12)4(11)6(13)8(9)15;2*1-6(2)15-9(14)16-13-8-7(11-12-13)4-3-5-10-8;1-7(2)13-9(12)14-10-6-4-3-5-8(10)11/h3-4,7-11H,5-6H2,1-2H3;7H,3-6H2,1-2H3;3-7,12-13H,1-2H3;3-7H,1-2H3;3H,1-2H3;3-6,11-12H,1-2H3;3-8H,1-2H3;3-7H,1-2H3. The zero-order chi connectivity index (χ0) is 99.9. The third kappa shape index (κ3) is 31.2. The summed E-state index contributed by atoms with van der Waals surface area (Å²) >= 11 is 0. The number of rotatable bonds is 16. The van der Waals surface area contributed by atoms with Gasteiger partial charge in [-0.15, -0.1) is 26.0 Å². The second kappa shape index (κ2) is 50.2. The molecule has 1 saturated heterocycles. The highest BCUT2D eigenvalue weighted by Crippen LogP contribution is 2.52. The largest absolute Gasteiger partial charge is 0.535 e. The van der Waals surface area contributed by atoms with Crippen molar-refractivity contribution in [3.8, 4) is 5.75 Å². The topological polar surface area (TPSA) is 547 Å². The third-order valence-electron chi connectivity index (χ3n) is 17.5. The maximum atomic E-state index is 13.0. The van der Waals surface area contributed by atoms with Crippen LogP contribution in [0.1, 0.15) is 152 Å². The maximum Gasteiger partial charge on any atom is 0.535 e. The van der Waals surface area contributed by atoms with Gasteiger partial charge < -0.3 is 52.9 Å². The lowest BCUT2D eigenvalue weighted by atomic mass is 9.86. The van der Waals surface area contributed by atoms with Crippen molar-refractivity contribution in [1.29, 1.82) is 0 Å². The molecule has 3 aliphatic carbocycles. The van der Waals surface area contributed by atoms with Crippen LogP contribution < -0.4 is 63.0 Å². The molecule has 3 aromatic carbocycles. The summed E-state index contributed by atoms with van der Waals surface area (Å²) in [6.45, 7) is 27.2. The highest BCUT2D eigenvalue weighted by molar-refractivity contribution is 6.00. The Morgan fingerprint density at radius 2 is 0.956 bits per heavy atom. The van der Waals surface area contributed by atoms with Gasteiger partial charge in [-0.1, -0.05) is 64.1 Å². The fraction of sp³-hybridized carbons (Fsp3) is 0.434. The second-order valence-corrected chi connectivity index (χ2v) is 30.9. The quantitative estimate of drug-likeness (QED) is 0.0102. The molecule has 6 unspecified atom stereocenters. The van der Waals surface area contributed by atoms with Crippen molar-refractivity contribution in [2.75, 3.05) is 22.6 Å². The van der Waals surface area contributed by atoms with Crippen LogP contribution in [0.15, 0.2) is 145 Å². The number of carbonyl (C=O) groups excluding carboxylic acids is 10. The van der Waals surface area contributed by atoms with E-state index in [2.05, 4.69) is 98.9 Å². The molecule has 48 nitrogen and oxygen atoms in total. The number of hydrazine groups is 4. The number of benzene rings is 3. The van der Waals surface area contributed by atoms with Crippen molar-refractivity contribution in [3.63, 3.8) is 0 Å². The number of allylic oxidation sites excluding steroid dienone is 3. The number of dihydropyridines is 1. The average molecular weight is 1920 g/mol. The van der Waals surface area contributed by atoms with Crippen molar-refractivity contribution >= 4 is 95.4 Å². The fourth-order valence-electron chi connectivity index (χ4n) is 12.2. The van der Waals surface area contributed by atoms with Crippen LogP contribution in [0.3, 0.4) is 0 Å². The normalized spacial score (nSPS) is 17.0. The number of halogens is 5. The minimum absolute atomic E-state index is 0.00634. The molecule has 0 spiro atoms. The number of hydrogen-bond acceptors (Lipinski definition) is 43. The van der Waals surface area contributed by atoms with Gasteiger partial charge >= 0.3 is 66.3 Å². The zero-order valence-corrected chi connectivity index (χ0v) is 75.8. The van der Waals surface area contributed by atoms with Crippen LogP contribution in [0.4, 0.5) is 77.5 Å². The molecule has 8 aliphatic rings. The molecule has 15 rings (SSSR count). The summed E-state index contributed by atoms with van der Waals surface area (Å²) < 4.78 is 107. The van der Waals surface area contributed by atoms with Crippen LogP contribution >= 0.6 is 0 Å². The molecule has 9 heterocycles. The summed E-state index contributed by atoms with van der Waals surface area (Å²) in [5.74, 6) is -11.9. The van der Waals surface area contributed by atoms with E-state index in [1.54, 1.807) is 188 Å². The Morgan fingerprint density at radius 3 is 1.55 bits per heavy atom. The minimum atomic E-state index is -2.34. The Morgan fingerprint density at radius 1 is 0.471 bits per heavy atom. The number of pyridine rings is 2. The Balaban J connectivity index is 0.000000191. The molecule has 5 aliphatic heterocycles. The third-order valence-corrected chi connectivity index (χ3v) is 17.5. The number of hydrogen-bond donors (Lipinski definition) is 4. The molecule has 734 valence electrons. The summed E-state index contributed by atoms with van der Waals surface area (Å²) in [7, 11) is 0. The van der Waals surface area contributed by atoms with Crippen LogP contribution in [0.25, 0.3) is 10.9 Å². The van der Waals surface area contributed by atoms with Gasteiger partial charge in [-0.2, -0.15) is 19.0 Å². The Kier molecular flexibility index (Phi) is 39.0. The number of amides is 2. The first-order valence-corrected chi connectivity index (χ1v) is 41.7. The minimum Gasteiger partial charge on any atom is -0.431 e. The number of carbonyl (C=O) groups is 10. The van der Waals surface area contributed by atoms with Gasteiger partial charge in [-0.3, -0.25) is 63.4 Å². The predicted molar refractivity (Wildman–Crippen MR) is 455 cm³/mol. The van der Waals surface area contributed by atoms with Gasteiger partial charge in [0.25, 0.3) is 11.5 Å². The SMILES string of the molecule is CC(C)OC(=O)ON1CC2C3C=CC(C3)C2C1=O.CC(C)OC(=O)ON1N=NC2C=CC=NC21.CC(C)OC(=O)ON1NNc2ccccc2C1=O.CC(C)OC(=O)ON1NNc2cccnc21.CC(C)OC(=O)Oc1c(F)c(F)c(F)c(F)c1F.CC(C)OC(=O)On1ccccc1=O.CC(C)OC(=O)On1nnc2c(c1=O)CCCC2.CC(C)OC(=O)On1nnc2ccccc2c1=O. The van der Waals surface area contributed by atoms with Gasteiger partial charge in [0.15, 0.2) is 0 Å². The zero-order valence-electron chi connectivity index (χ0n) is 75.8. The van der Waals surface area contributed by atoms with Gasteiger partial charge in [0.05, 0.1) is 89.3 Å². The first kappa shape index (κ1) is 106. The molecule has 6 atom stereocenters. The van der Waals surface area contributed by atoms with Crippen molar-refractivity contribution in [3.05, 3.63) is 193 Å². The Hall–Kier alpha value is -15.7. The molecule has 4 N–H and O–H groups in total. The number of aryl methyl sites for hydroxylation is 1. The van der Waals surface area contributed by atoms with Gasteiger partial charge in [0.1, 0.15) is 11.6 Å². The number of aliphatic imine (C=N–C) groups is 1. The van der Waals surface area contributed by atoms with Crippen molar-refractivity contribution < 1.29 is 146 Å². The molecule has 2 bridgehead atoms. The highest BCUT2D eigenvalue weighted by Gasteiger charge is 2.56. The molecule has 2 fully saturated rings. The lowest BCUT2D eigenvalue weighted by molar-refractivity contribution is -0.169. The van der Waals surface area contributed by atoms with E-state index in [1.807, 2.05) is 6.08 Å². The van der Waals surface area contributed by atoms with Crippen molar-refractivity contribution in [2.45, 2.75) is 204 Å². The summed E-state index contributed by atoms with van der Waals surface area (Å²) in [6.07, 6.45) is 6.02. The number of aromatic nitrogens is 8. The lowest BCUT2D eigenvalue weighted by Crippen LogP contribution is -2.50. The first-order chi connectivity index (χ1) is 64.5. The van der Waals surface area contributed by atoms with Gasteiger partial charge in [-0.05, 0) is 235 Å². The van der Waals surface area contributed by atoms with Crippen LogP contribution in [-0.2, 0) is 74.9 Å². The summed E-state index contributed by atoms with van der Waals surface area (Å²) in [5.41, 5.74) is 12.6. The number of anilines is 3. The van der Waals surface area contributed by atoms with E-state index in [-0.39, 0.29) is 60.6 Å². The fourth-order valence-corrected chi connectivity index (χ4v) is 12.2. The number of hydroxylamine groups is 4. The number of nitrogens with one attached hydrogen (secondary N) is 4. The Labute approximate surface area is 769 Å². The second-order valence-electron chi connectivity index (χ2n) is 30.9. The number of nitrogens with zero attached hydrogens (tertiary/aromatic N) is 15. The summed E-state index contributed by atoms with van der Waals surface area (Å²) in [4.78, 5) is 191. The smallest absolute Gasteiger partial charge is 0.431 e. The van der Waals surface area contributed by atoms with E-state index in [0.29, 0.717) is 84.8 Å². The van der Waals surface area contributed by atoms with Crippen molar-refractivity contribution in [2.24, 2.45) is 39.0 Å². The average Bonchev–Trinajstić information content (AvgIpc) is 1.58.